The molecule has 6 nitrogen and oxygen atoms in total. The van der Waals surface area contributed by atoms with E-state index in [0.717, 1.165) is 22.3 Å². The SMILES string of the molecule is Cc1cc(C)c(C)c(S(=O)(=O)N2CCC(c3noc(-c4ccc(F)cc4)n3)CC2)c1C. The molecule has 0 bridgehead atoms. The maximum absolute atomic E-state index is 13.4. The second-order valence-electron chi connectivity index (χ2n) is 8.23. The van der Waals surface area contributed by atoms with E-state index >= 15 is 0 Å². The van der Waals surface area contributed by atoms with E-state index < -0.39 is 10.0 Å². The average Bonchev–Trinajstić information content (AvgIpc) is 3.23. The van der Waals surface area contributed by atoms with Crippen LogP contribution in [0.15, 0.2) is 39.8 Å². The van der Waals surface area contributed by atoms with E-state index in [2.05, 4.69) is 10.1 Å². The van der Waals surface area contributed by atoms with Crippen LogP contribution in [0.2, 0.25) is 0 Å². The molecule has 2 aromatic carbocycles. The molecule has 1 saturated heterocycles. The number of rotatable bonds is 4. The molecule has 0 amide bonds. The van der Waals surface area contributed by atoms with Crippen molar-refractivity contribution in [3.63, 3.8) is 0 Å². The van der Waals surface area contributed by atoms with Gasteiger partial charge in [0.2, 0.25) is 10.0 Å². The third kappa shape index (κ3) is 4.02. The van der Waals surface area contributed by atoms with Gasteiger partial charge in [-0.1, -0.05) is 11.2 Å². The van der Waals surface area contributed by atoms with Crippen molar-refractivity contribution >= 4 is 10.0 Å². The van der Waals surface area contributed by atoms with Gasteiger partial charge in [0.25, 0.3) is 5.89 Å². The van der Waals surface area contributed by atoms with Gasteiger partial charge in [0, 0.05) is 24.6 Å². The maximum atomic E-state index is 13.4. The van der Waals surface area contributed by atoms with Gasteiger partial charge >= 0.3 is 0 Å². The Hall–Kier alpha value is -2.58. The largest absolute Gasteiger partial charge is 0.334 e. The Labute approximate surface area is 182 Å². The topological polar surface area (TPSA) is 76.3 Å². The predicted molar refractivity (Wildman–Crippen MR) is 116 cm³/mol. The molecule has 0 saturated carbocycles. The molecule has 3 aromatic rings. The molecule has 1 aromatic heterocycles. The smallest absolute Gasteiger partial charge is 0.257 e. The van der Waals surface area contributed by atoms with Crippen LogP contribution >= 0.6 is 0 Å². The summed E-state index contributed by atoms with van der Waals surface area (Å²) in [5, 5.41) is 4.09. The van der Waals surface area contributed by atoms with Crippen LogP contribution in [-0.4, -0.2) is 36.0 Å². The molecule has 1 aliphatic heterocycles. The molecule has 4 rings (SSSR count). The fraction of sp³-hybridized carbons (Fsp3) is 0.391. The summed E-state index contributed by atoms with van der Waals surface area (Å²) in [6.45, 7) is 8.44. The average molecular weight is 444 g/mol. The van der Waals surface area contributed by atoms with Crippen molar-refractivity contribution in [3.8, 4) is 11.5 Å². The quantitative estimate of drug-likeness (QED) is 0.585. The summed E-state index contributed by atoms with van der Waals surface area (Å²) < 4.78 is 46.9. The molecule has 1 fully saturated rings. The Kier molecular flexibility index (Phi) is 5.70. The summed E-state index contributed by atoms with van der Waals surface area (Å²) in [6.07, 6.45) is 1.23. The lowest BCUT2D eigenvalue weighted by Crippen LogP contribution is -2.38. The highest BCUT2D eigenvalue weighted by atomic mass is 32.2. The summed E-state index contributed by atoms with van der Waals surface area (Å²) in [4.78, 5) is 4.89. The number of hydrogen-bond acceptors (Lipinski definition) is 5. The Balaban J connectivity index is 1.51. The number of halogens is 1. The van der Waals surface area contributed by atoms with Gasteiger partial charge in [-0.2, -0.15) is 9.29 Å². The number of aromatic nitrogens is 2. The standard InChI is InChI=1S/C23H26FN3O3S/c1-14-13-15(2)17(4)21(16(14)3)31(28,29)27-11-9-18(10-12-27)22-25-23(30-26-22)19-5-7-20(24)8-6-19/h5-8,13,18H,9-12H2,1-4H3. The Morgan fingerprint density at radius 1 is 1.00 bits per heavy atom. The monoisotopic (exact) mass is 443 g/mol. The lowest BCUT2D eigenvalue weighted by molar-refractivity contribution is 0.307. The molecule has 0 aliphatic carbocycles. The van der Waals surface area contributed by atoms with Crippen LogP contribution in [0, 0.1) is 33.5 Å². The Bertz CT molecular complexity index is 1190. The first-order chi connectivity index (χ1) is 14.7. The van der Waals surface area contributed by atoms with Gasteiger partial charge in [-0.3, -0.25) is 0 Å². The molecule has 164 valence electrons. The van der Waals surface area contributed by atoms with E-state index in [0.29, 0.717) is 48.1 Å². The molecule has 31 heavy (non-hydrogen) atoms. The molecular weight excluding hydrogens is 417 g/mol. The molecule has 0 radical (unpaired) electrons. The van der Waals surface area contributed by atoms with Crippen LogP contribution in [0.25, 0.3) is 11.5 Å². The number of piperidine rings is 1. The number of aryl methyl sites for hydroxylation is 2. The Morgan fingerprint density at radius 2 is 1.58 bits per heavy atom. The van der Waals surface area contributed by atoms with E-state index in [9.17, 15) is 12.8 Å². The summed E-state index contributed by atoms with van der Waals surface area (Å²) in [7, 11) is -3.58. The first kappa shape index (κ1) is 21.6. The summed E-state index contributed by atoms with van der Waals surface area (Å²) in [5.41, 5.74) is 4.24. The van der Waals surface area contributed by atoms with Gasteiger partial charge in [0.15, 0.2) is 5.82 Å². The zero-order chi connectivity index (χ0) is 22.3. The number of sulfonamides is 1. The van der Waals surface area contributed by atoms with Crippen LogP contribution in [-0.2, 0) is 10.0 Å². The second-order valence-corrected chi connectivity index (χ2v) is 10.1. The zero-order valence-corrected chi connectivity index (χ0v) is 19.0. The van der Waals surface area contributed by atoms with Gasteiger partial charge in [-0.05, 0) is 87.1 Å². The van der Waals surface area contributed by atoms with E-state index in [1.165, 1.54) is 12.1 Å². The number of nitrogens with zero attached hydrogens (tertiary/aromatic N) is 3. The van der Waals surface area contributed by atoms with Crippen LogP contribution in [0.1, 0.15) is 46.8 Å². The van der Waals surface area contributed by atoms with Crippen molar-refractivity contribution in [2.75, 3.05) is 13.1 Å². The summed E-state index contributed by atoms with van der Waals surface area (Å²) >= 11 is 0. The van der Waals surface area contributed by atoms with Gasteiger partial charge in [-0.15, -0.1) is 0 Å². The Morgan fingerprint density at radius 3 is 2.16 bits per heavy atom. The van der Waals surface area contributed by atoms with Crippen molar-refractivity contribution in [1.82, 2.24) is 14.4 Å². The van der Waals surface area contributed by atoms with Gasteiger partial charge in [0.05, 0.1) is 4.90 Å². The minimum absolute atomic E-state index is 0.0193. The van der Waals surface area contributed by atoms with Crippen molar-refractivity contribution in [2.45, 2.75) is 51.3 Å². The fourth-order valence-corrected chi connectivity index (χ4v) is 6.21. The molecule has 0 atom stereocenters. The number of hydrogen-bond donors (Lipinski definition) is 0. The van der Waals surface area contributed by atoms with E-state index in [-0.39, 0.29) is 11.7 Å². The van der Waals surface area contributed by atoms with Crippen molar-refractivity contribution in [1.29, 1.82) is 0 Å². The minimum Gasteiger partial charge on any atom is -0.334 e. The van der Waals surface area contributed by atoms with E-state index in [1.807, 2.05) is 33.8 Å². The maximum Gasteiger partial charge on any atom is 0.257 e. The first-order valence-corrected chi connectivity index (χ1v) is 11.8. The molecule has 0 N–H and O–H groups in total. The molecular formula is C23H26FN3O3S. The van der Waals surface area contributed by atoms with Gasteiger partial charge in [-0.25, -0.2) is 12.8 Å². The van der Waals surface area contributed by atoms with Crippen molar-refractivity contribution in [2.24, 2.45) is 0 Å². The van der Waals surface area contributed by atoms with Crippen LogP contribution < -0.4 is 0 Å². The van der Waals surface area contributed by atoms with Gasteiger partial charge < -0.3 is 4.52 Å². The minimum atomic E-state index is -3.58. The van der Waals surface area contributed by atoms with Crippen LogP contribution in [0.5, 0.6) is 0 Å². The van der Waals surface area contributed by atoms with E-state index in [1.54, 1.807) is 16.4 Å². The lowest BCUT2D eigenvalue weighted by Gasteiger charge is -2.31. The van der Waals surface area contributed by atoms with Crippen molar-refractivity contribution in [3.05, 3.63) is 64.2 Å². The molecule has 8 heteroatoms. The third-order valence-corrected chi connectivity index (χ3v) is 8.42. The highest BCUT2D eigenvalue weighted by Gasteiger charge is 2.34. The van der Waals surface area contributed by atoms with Crippen LogP contribution in [0.3, 0.4) is 0 Å². The summed E-state index contributed by atoms with van der Waals surface area (Å²) in [6, 6.07) is 7.91. The van der Waals surface area contributed by atoms with Gasteiger partial charge in [0.1, 0.15) is 5.82 Å². The second kappa shape index (κ2) is 8.16. The normalized spacial score (nSPS) is 16.0. The fourth-order valence-electron chi connectivity index (χ4n) is 4.16. The predicted octanol–water partition coefficient (Wildman–Crippen LogP) is 4.68. The zero-order valence-electron chi connectivity index (χ0n) is 18.1. The van der Waals surface area contributed by atoms with Crippen molar-refractivity contribution < 1.29 is 17.3 Å². The lowest BCUT2D eigenvalue weighted by atomic mass is 9.97. The molecule has 1 aliphatic rings. The number of benzene rings is 2. The highest BCUT2D eigenvalue weighted by molar-refractivity contribution is 7.89. The third-order valence-electron chi connectivity index (χ3n) is 6.25. The molecule has 2 heterocycles. The summed E-state index contributed by atoms with van der Waals surface area (Å²) in [5.74, 6) is 0.596. The van der Waals surface area contributed by atoms with Crippen LogP contribution in [0.4, 0.5) is 4.39 Å². The highest BCUT2D eigenvalue weighted by Crippen LogP contribution is 2.33. The molecule has 0 unspecified atom stereocenters. The first-order valence-electron chi connectivity index (χ1n) is 10.4. The molecule has 0 spiro atoms. The van der Waals surface area contributed by atoms with E-state index in [4.69, 9.17) is 4.52 Å².